The van der Waals surface area contributed by atoms with Gasteiger partial charge < -0.3 is 19.3 Å². The van der Waals surface area contributed by atoms with Gasteiger partial charge in [-0.2, -0.15) is 0 Å². The fraction of sp³-hybridized carbons (Fsp3) is 0.875. The Morgan fingerprint density at radius 3 is 2.81 bits per heavy atom. The molecule has 1 N–H and O–H groups in total. The zero-order valence-electron chi connectivity index (χ0n) is 8.94. The summed E-state index contributed by atoms with van der Waals surface area (Å²) in [5, 5.41) is 13.1. The predicted molar refractivity (Wildman–Crippen MR) is 51.2 cm³/mol. The van der Waals surface area contributed by atoms with E-state index in [1.165, 1.54) is 14.2 Å². The van der Waals surface area contributed by atoms with Crippen molar-refractivity contribution in [1.82, 2.24) is 0 Å². The maximum absolute atomic E-state index is 11.3. The van der Waals surface area contributed by atoms with Crippen LogP contribution in [0.4, 0.5) is 0 Å². The average Bonchev–Trinajstić information content (AvgIpc) is 2.31. The molecule has 90 valence electrons. The summed E-state index contributed by atoms with van der Waals surface area (Å²) in [6, 6.07) is -0.771. The lowest BCUT2D eigenvalue weighted by Crippen LogP contribution is -2.51. The van der Waals surface area contributed by atoms with Crippen molar-refractivity contribution in [3.05, 3.63) is 10.4 Å². The number of hydrogen-bond donors (Lipinski definition) is 1. The van der Waals surface area contributed by atoms with Gasteiger partial charge in [0.15, 0.2) is 12.4 Å². The zero-order chi connectivity index (χ0) is 12.1. The molecule has 16 heavy (non-hydrogen) atoms. The lowest BCUT2D eigenvalue weighted by Gasteiger charge is -2.35. The molecule has 4 atom stereocenters. The van der Waals surface area contributed by atoms with Gasteiger partial charge in [-0.05, 0) is 5.53 Å². The van der Waals surface area contributed by atoms with Gasteiger partial charge in [0.05, 0.1) is 19.3 Å². The van der Waals surface area contributed by atoms with Gasteiger partial charge in [-0.1, -0.05) is 5.11 Å². The lowest BCUT2D eigenvalue weighted by atomic mass is 9.99. The molecule has 1 aliphatic rings. The van der Waals surface area contributed by atoms with E-state index in [9.17, 15) is 9.90 Å². The Kier molecular flexibility index (Phi) is 4.51. The van der Waals surface area contributed by atoms with Crippen molar-refractivity contribution in [1.29, 1.82) is 0 Å². The summed E-state index contributed by atoms with van der Waals surface area (Å²) in [7, 11) is 2.57. The van der Waals surface area contributed by atoms with Gasteiger partial charge in [-0.15, -0.1) is 0 Å². The van der Waals surface area contributed by atoms with E-state index >= 15 is 0 Å². The SMILES string of the molecule is COC(=O)[C@H]1O[C@H](OC)C[C@H](N=[N+]=[N-])[C@@H]1O. The zero-order valence-corrected chi connectivity index (χ0v) is 8.94. The molecule has 0 amide bonds. The normalized spacial score (nSPS) is 33.9. The van der Waals surface area contributed by atoms with Gasteiger partial charge in [-0.3, -0.25) is 0 Å². The van der Waals surface area contributed by atoms with Crippen LogP contribution in [0, 0.1) is 0 Å². The van der Waals surface area contributed by atoms with Gasteiger partial charge in [0.25, 0.3) is 0 Å². The quantitative estimate of drug-likeness (QED) is 0.317. The number of azide groups is 1. The van der Waals surface area contributed by atoms with Crippen LogP contribution < -0.4 is 0 Å². The Balaban J connectivity index is 2.83. The molecule has 0 saturated carbocycles. The molecular formula is C8H13N3O5. The number of hydrogen-bond acceptors (Lipinski definition) is 6. The summed E-state index contributed by atoms with van der Waals surface area (Å²) in [4.78, 5) is 13.9. The molecule has 1 aliphatic heterocycles. The monoisotopic (exact) mass is 231 g/mol. The van der Waals surface area contributed by atoms with Crippen LogP contribution in [0.2, 0.25) is 0 Å². The average molecular weight is 231 g/mol. The van der Waals surface area contributed by atoms with Crippen molar-refractivity contribution >= 4 is 5.97 Å². The minimum atomic E-state index is -1.23. The van der Waals surface area contributed by atoms with Crippen LogP contribution in [0.25, 0.3) is 10.4 Å². The number of aliphatic hydroxyl groups excluding tert-OH is 1. The number of carbonyl (C=O) groups excluding carboxylic acids is 1. The van der Waals surface area contributed by atoms with Crippen molar-refractivity contribution in [3.63, 3.8) is 0 Å². The second-order valence-corrected chi connectivity index (χ2v) is 3.24. The molecule has 0 radical (unpaired) electrons. The highest BCUT2D eigenvalue weighted by Crippen LogP contribution is 2.24. The standard InChI is InChI=1S/C8H13N3O5/c1-14-5-3-4(10-11-9)6(12)7(16-5)8(13)15-2/h4-7,12H,3H2,1-2H3/t4-,5-,6-,7-/m0/s1. The van der Waals surface area contributed by atoms with Gasteiger partial charge in [-0.25, -0.2) is 4.79 Å². The third-order valence-electron chi connectivity index (χ3n) is 2.33. The fourth-order valence-electron chi connectivity index (χ4n) is 1.48. The highest BCUT2D eigenvalue weighted by molar-refractivity contribution is 5.75. The van der Waals surface area contributed by atoms with Crippen molar-refractivity contribution in [2.24, 2.45) is 5.11 Å². The minimum absolute atomic E-state index is 0.190. The maximum Gasteiger partial charge on any atom is 0.337 e. The predicted octanol–water partition coefficient (Wildman–Crippen LogP) is -0.0394. The third kappa shape index (κ3) is 2.61. The van der Waals surface area contributed by atoms with Crippen LogP contribution in [0.5, 0.6) is 0 Å². The fourth-order valence-corrected chi connectivity index (χ4v) is 1.48. The molecule has 8 heteroatoms. The van der Waals surface area contributed by atoms with Gasteiger partial charge in [0.1, 0.15) is 0 Å². The van der Waals surface area contributed by atoms with Crippen LogP contribution in [-0.4, -0.2) is 49.8 Å². The third-order valence-corrected chi connectivity index (χ3v) is 2.33. The first-order valence-electron chi connectivity index (χ1n) is 4.62. The van der Waals surface area contributed by atoms with E-state index in [0.717, 1.165) is 0 Å². The smallest absolute Gasteiger partial charge is 0.337 e. The van der Waals surface area contributed by atoms with E-state index in [1.807, 2.05) is 0 Å². The van der Waals surface area contributed by atoms with E-state index in [2.05, 4.69) is 14.8 Å². The topological polar surface area (TPSA) is 114 Å². The Labute approximate surface area is 91.7 Å². The Morgan fingerprint density at radius 1 is 1.62 bits per heavy atom. The molecule has 1 fully saturated rings. The molecule has 0 aromatic heterocycles. The van der Waals surface area contributed by atoms with Crippen LogP contribution in [0.1, 0.15) is 6.42 Å². The minimum Gasteiger partial charge on any atom is -0.467 e. The number of aliphatic hydroxyl groups is 1. The van der Waals surface area contributed by atoms with E-state index in [1.54, 1.807) is 0 Å². The van der Waals surface area contributed by atoms with Gasteiger partial charge in [0.2, 0.25) is 0 Å². The molecule has 0 aromatic carbocycles. The number of rotatable bonds is 3. The number of methoxy groups -OCH3 is 2. The number of ether oxygens (including phenoxy) is 3. The molecule has 1 saturated heterocycles. The molecule has 1 heterocycles. The Morgan fingerprint density at radius 2 is 2.31 bits per heavy atom. The number of esters is 1. The first kappa shape index (κ1) is 12.7. The van der Waals surface area contributed by atoms with E-state index in [-0.39, 0.29) is 6.42 Å². The maximum atomic E-state index is 11.3. The largest absolute Gasteiger partial charge is 0.467 e. The van der Waals surface area contributed by atoms with Crippen molar-refractivity contribution in [2.75, 3.05) is 14.2 Å². The van der Waals surface area contributed by atoms with Gasteiger partial charge >= 0.3 is 5.97 Å². The van der Waals surface area contributed by atoms with Crippen LogP contribution in [0.15, 0.2) is 5.11 Å². The summed E-state index contributed by atoms with van der Waals surface area (Å²) < 4.78 is 14.5. The highest BCUT2D eigenvalue weighted by Gasteiger charge is 2.42. The molecule has 8 nitrogen and oxygen atoms in total. The van der Waals surface area contributed by atoms with E-state index < -0.39 is 30.5 Å². The number of nitrogens with zero attached hydrogens (tertiary/aromatic N) is 3. The van der Waals surface area contributed by atoms with Crippen LogP contribution in [0.3, 0.4) is 0 Å². The first-order chi connectivity index (χ1) is 7.63. The second kappa shape index (κ2) is 5.66. The van der Waals surface area contributed by atoms with Crippen molar-refractivity contribution in [2.45, 2.75) is 31.0 Å². The highest BCUT2D eigenvalue weighted by atomic mass is 16.7. The molecular weight excluding hydrogens is 218 g/mol. The molecule has 0 unspecified atom stereocenters. The molecule has 0 spiro atoms. The summed E-state index contributed by atoms with van der Waals surface area (Å²) in [6.07, 6.45) is -2.94. The number of carbonyl (C=O) groups is 1. The molecule has 0 bridgehead atoms. The van der Waals surface area contributed by atoms with E-state index in [4.69, 9.17) is 15.0 Å². The summed E-state index contributed by atoms with van der Waals surface area (Å²) in [5.41, 5.74) is 8.33. The van der Waals surface area contributed by atoms with Gasteiger partial charge in [0, 0.05) is 18.4 Å². The van der Waals surface area contributed by atoms with Crippen molar-refractivity contribution < 1.29 is 24.1 Å². The first-order valence-corrected chi connectivity index (χ1v) is 4.62. The van der Waals surface area contributed by atoms with Crippen LogP contribution >= 0.6 is 0 Å². The van der Waals surface area contributed by atoms with E-state index in [0.29, 0.717) is 0 Å². The Hall–Kier alpha value is -1.34. The Bertz CT molecular complexity index is 304. The molecule has 0 aliphatic carbocycles. The van der Waals surface area contributed by atoms with Crippen molar-refractivity contribution in [3.8, 4) is 0 Å². The summed E-state index contributed by atoms with van der Waals surface area (Å²) in [5.74, 6) is -0.729. The van der Waals surface area contributed by atoms with Crippen LogP contribution in [-0.2, 0) is 19.0 Å². The molecule has 1 rings (SSSR count). The summed E-state index contributed by atoms with van der Waals surface area (Å²) >= 11 is 0. The molecule has 0 aromatic rings. The lowest BCUT2D eigenvalue weighted by molar-refractivity contribution is -0.225. The summed E-state index contributed by atoms with van der Waals surface area (Å²) in [6.45, 7) is 0. The second-order valence-electron chi connectivity index (χ2n) is 3.24.